The normalized spacial score (nSPS) is 24.0. The van der Waals surface area contributed by atoms with Gasteiger partial charge in [0, 0.05) is 0 Å². The van der Waals surface area contributed by atoms with E-state index < -0.39 is 13.9 Å². The number of hydrogen-bond donors (Lipinski definition) is 1. The summed E-state index contributed by atoms with van der Waals surface area (Å²) in [5, 5.41) is 9.31. The Hall–Kier alpha value is 0.150. The van der Waals surface area contributed by atoms with Crippen molar-refractivity contribution in [2.45, 2.75) is 6.92 Å². The Morgan fingerprint density at radius 2 is 2.00 bits per heavy atom. The third-order valence-electron chi connectivity index (χ3n) is 1.82. The number of phenolic OH excluding ortho intramolecular Hbond substituents is 1. The summed E-state index contributed by atoms with van der Waals surface area (Å²) in [6.45, 7) is 1.61. The van der Waals surface area contributed by atoms with Crippen molar-refractivity contribution in [3.63, 3.8) is 0 Å². The van der Waals surface area contributed by atoms with E-state index in [2.05, 4.69) is 4.99 Å². The van der Waals surface area contributed by atoms with Crippen molar-refractivity contribution >= 4 is 55.9 Å². The molecule has 0 fully saturated rings. The van der Waals surface area contributed by atoms with Crippen LogP contribution in [0, 0.1) is 0 Å². The van der Waals surface area contributed by atoms with Gasteiger partial charge in [-0.05, 0) is 0 Å². The molecule has 0 atom stereocenters. The van der Waals surface area contributed by atoms with Crippen molar-refractivity contribution in [3.05, 3.63) is 18.2 Å². The third-order valence-corrected chi connectivity index (χ3v) is 10.8. The van der Waals surface area contributed by atoms with Gasteiger partial charge in [-0.3, -0.25) is 0 Å². The predicted octanol–water partition coefficient (Wildman–Crippen LogP) is 2.79. The monoisotopic (exact) mass is 384 g/mol. The van der Waals surface area contributed by atoms with Crippen LogP contribution in [0.2, 0.25) is 0 Å². The number of halogens is 3. The first-order valence-corrected chi connectivity index (χ1v) is 14.9. The van der Waals surface area contributed by atoms with Gasteiger partial charge < -0.3 is 0 Å². The third kappa shape index (κ3) is 2.15. The molecule has 1 radical (unpaired) electrons. The Morgan fingerprint density at radius 1 is 1.33 bits per heavy atom. The van der Waals surface area contributed by atoms with Crippen LogP contribution in [0.5, 0.6) is 5.75 Å². The summed E-state index contributed by atoms with van der Waals surface area (Å²) in [6, 6.07) is 4.46. The van der Waals surface area contributed by atoms with E-state index in [1.165, 1.54) is 12.1 Å². The van der Waals surface area contributed by atoms with Crippen molar-refractivity contribution in [2.75, 3.05) is 0 Å². The molecule has 1 heterocycles. The first-order chi connectivity index (χ1) is 6.76. The van der Waals surface area contributed by atoms with Gasteiger partial charge in [-0.2, -0.15) is 0 Å². The summed E-state index contributed by atoms with van der Waals surface area (Å²) in [5.41, 5.74) is 0.469. The summed E-state index contributed by atoms with van der Waals surface area (Å²) in [5.74, 6) is 0.395. The fourth-order valence-electron chi connectivity index (χ4n) is 1.29. The van der Waals surface area contributed by atoms with E-state index in [9.17, 15) is 5.11 Å². The van der Waals surface area contributed by atoms with E-state index in [0.717, 1.165) is 0 Å². The number of hydrogen-bond acceptors (Lipinski definition) is 3. The molecular weight excluding hydrogens is 376 g/mol. The van der Waals surface area contributed by atoms with E-state index in [0.29, 0.717) is 15.2 Å². The molecule has 1 aromatic rings. The molecule has 1 aromatic carbocycles. The number of nitrogens with zero attached hydrogens (tertiary/aromatic N) is 1. The first-order valence-electron chi connectivity index (χ1n) is 3.95. The first kappa shape index (κ1) is 11.6. The van der Waals surface area contributed by atoms with Gasteiger partial charge in [-0.25, -0.2) is 0 Å². The Kier molecular flexibility index (Phi) is 2.57. The second kappa shape index (κ2) is 3.32. The molecule has 0 spiro atoms. The zero-order valence-electron chi connectivity index (χ0n) is 7.58. The molecular formula is C8H7Cl3NO2Te. The quantitative estimate of drug-likeness (QED) is 0.701. The van der Waals surface area contributed by atoms with Crippen LogP contribution in [0.4, 0.5) is 5.69 Å². The topological polar surface area (TPSA) is 41.8 Å². The van der Waals surface area contributed by atoms with Gasteiger partial charge in [0.15, 0.2) is 0 Å². The summed E-state index contributed by atoms with van der Waals surface area (Å²) in [4.78, 5) is 4.08. The van der Waals surface area contributed by atoms with Crippen LogP contribution in [-0.2, 0) is 3.10 Å². The zero-order valence-corrected chi connectivity index (χ0v) is 12.2. The van der Waals surface area contributed by atoms with Crippen molar-refractivity contribution in [1.82, 2.24) is 0 Å². The van der Waals surface area contributed by atoms with Crippen LogP contribution in [-0.4, -0.2) is 24.9 Å². The summed E-state index contributed by atoms with van der Waals surface area (Å²) < 4.78 is 5.76. The van der Waals surface area contributed by atoms with Gasteiger partial charge in [0.05, 0.1) is 0 Å². The van der Waals surface area contributed by atoms with E-state index >= 15 is 0 Å². The van der Waals surface area contributed by atoms with Crippen molar-refractivity contribution < 1.29 is 8.21 Å². The van der Waals surface area contributed by atoms with E-state index in [1.807, 2.05) is 0 Å². The van der Waals surface area contributed by atoms with Gasteiger partial charge >= 0.3 is 100 Å². The Labute approximate surface area is 99.4 Å². The molecule has 0 unspecified atom stereocenters. The molecule has 15 heavy (non-hydrogen) atoms. The predicted molar refractivity (Wildman–Crippen MR) is 64.9 cm³/mol. The molecule has 0 bridgehead atoms. The minimum atomic E-state index is -4.63. The molecule has 0 saturated heterocycles. The maximum absolute atomic E-state index is 9.31. The summed E-state index contributed by atoms with van der Waals surface area (Å²) >= 11 is -4.63. The average molecular weight is 383 g/mol. The molecule has 83 valence electrons. The molecule has 0 aliphatic carbocycles. The summed E-state index contributed by atoms with van der Waals surface area (Å²) in [6.07, 6.45) is 0. The van der Waals surface area contributed by atoms with Crippen LogP contribution in [0.15, 0.2) is 23.2 Å². The van der Waals surface area contributed by atoms with Crippen LogP contribution in [0.3, 0.4) is 0 Å². The van der Waals surface area contributed by atoms with E-state index in [1.54, 1.807) is 13.0 Å². The molecule has 0 aromatic heterocycles. The average Bonchev–Trinajstić information content (AvgIpc) is 1.98. The van der Waals surface area contributed by atoms with Gasteiger partial charge in [0.1, 0.15) is 0 Å². The molecule has 0 amide bonds. The van der Waals surface area contributed by atoms with Crippen LogP contribution < -0.4 is 3.61 Å². The molecule has 0 saturated carbocycles. The molecule has 3 nitrogen and oxygen atoms in total. The Bertz CT molecular complexity index is 467. The number of phenols is 1. The molecule has 1 aliphatic heterocycles. The van der Waals surface area contributed by atoms with Crippen LogP contribution in [0.1, 0.15) is 6.92 Å². The number of fused-ring (bicyclic) bond motifs is 1. The number of aromatic hydroxyl groups is 1. The maximum atomic E-state index is 9.31. The molecule has 1 N–H and O–H groups in total. The second-order valence-electron chi connectivity index (χ2n) is 3.04. The van der Waals surface area contributed by atoms with Crippen LogP contribution in [0.25, 0.3) is 0 Å². The molecule has 2 rings (SSSR count). The van der Waals surface area contributed by atoms with Gasteiger partial charge in [0.2, 0.25) is 0 Å². The number of benzene rings is 1. The SMILES string of the molecule is CC1=Nc2cc(O)ccc2[Te](Cl)(Cl)(Cl)O1. The second-order valence-corrected chi connectivity index (χ2v) is 23.7. The van der Waals surface area contributed by atoms with Gasteiger partial charge in [-0.15, -0.1) is 0 Å². The number of aliphatic imine (C=N–C) groups is 1. The fraction of sp³-hybridized carbons (Fsp3) is 0.125. The minimum absolute atomic E-state index is 0.0834. The zero-order chi connectivity index (χ0) is 11.3. The van der Waals surface area contributed by atoms with Gasteiger partial charge in [0.25, 0.3) is 0 Å². The van der Waals surface area contributed by atoms with Crippen molar-refractivity contribution in [1.29, 1.82) is 0 Å². The van der Waals surface area contributed by atoms with Gasteiger partial charge in [-0.1, -0.05) is 0 Å². The van der Waals surface area contributed by atoms with Crippen molar-refractivity contribution in [3.8, 4) is 5.75 Å². The van der Waals surface area contributed by atoms with E-state index in [-0.39, 0.29) is 5.75 Å². The Morgan fingerprint density at radius 3 is 2.67 bits per heavy atom. The molecule has 7 heteroatoms. The van der Waals surface area contributed by atoms with Crippen LogP contribution >= 0.6 is 26.9 Å². The Balaban J connectivity index is 2.73. The standard InChI is InChI=1S/C8H7Cl3NO2Te/c1-5-12-7-4-6(13)2-3-8(7)15(9,10,11)14-5/h2-4,13H,1H3. The van der Waals surface area contributed by atoms with Crippen molar-refractivity contribution in [2.24, 2.45) is 4.99 Å². The fourth-order valence-corrected chi connectivity index (χ4v) is 9.25. The summed E-state index contributed by atoms with van der Waals surface area (Å²) in [7, 11) is 18.4. The van der Waals surface area contributed by atoms with E-state index in [4.69, 9.17) is 30.0 Å². The number of rotatable bonds is 0. The molecule has 1 aliphatic rings.